The van der Waals surface area contributed by atoms with Crippen LogP contribution in [0.25, 0.3) is 11.1 Å². The van der Waals surface area contributed by atoms with E-state index in [0.29, 0.717) is 33.8 Å². The number of rotatable bonds is 2. The molecule has 0 fully saturated rings. The van der Waals surface area contributed by atoms with Crippen molar-refractivity contribution in [3.05, 3.63) is 59.5 Å². The summed E-state index contributed by atoms with van der Waals surface area (Å²) in [7, 11) is 0. The Kier molecular flexibility index (Phi) is 3.13. The van der Waals surface area contributed by atoms with Gasteiger partial charge in [-0.3, -0.25) is 4.79 Å². The number of nitrogens with one attached hydrogen (secondary N) is 1. The quantitative estimate of drug-likeness (QED) is 0.779. The van der Waals surface area contributed by atoms with E-state index in [4.69, 9.17) is 9.68 Å². The van der Waals surface area contributed by atoms with Crippen molar-refractivity contribution in [2.75, 3.05) is 5.32 Å². The molecule has 0 aliphatic heterocycles. The maximum Gasteiger partial charge on any atom is 0.255 e. The van der Waals surface area contributed by atoms with Gasteiger partial charge in [-0.05, 0) is 36.4 Å². The summed E-state index contributed by atoms with van der Waals surface area (Å²) in [6.45, 7) is 1.77. The standard InChI is InChI=1S/C16H11N3O2/c1-10-18-14-8-13(5-6-15(14)21-10)19-16(20)12-4-2-3-11(7-12)9-17/h2-8H,1H3,(H,19,20). The maximum absolute atomic E-state index is 12.2. The molecule has 21 heavy (non-hydrogen) atoms. The van der Waals surface area contributed by atoms with Crippen molar-refractivity contribution >= 4 is 22.7 Å². The molecule has 0 spiro atoms. The van der Waals surface area contributed by atoms with E-state index in [0.717, 1.165) is 0 Å². The monoisotopic (exact) mass is 277 g/mol. The molecule has 0 aliphatic carbocycles. The summed E-state index contributed by atoms with van der Waals surface area (Å²) >= 11 is 0. The summed E-state index contributed by atoms with van der Waals surface area (Å²) in [5.41, 5.74) is 2.88. The highest BCUT2D eigenvalue weighted by Gasteiger charge is 2.09. The van der Waals surface area contributed by atoms with Crippen LogP contribution in [0.5, 0.6) is 0 Å². The number of nitriles is 1. The summed E-state index contributed by atoms with van der Waals surface area (Å²) in [5, 5.41) is 11.6. The molecule has 3 rings (SSSR count). The second-order valence-corrected chi connectivity index (χ2v) is 4.56. The average Bonchev–Trinajstić information content (AvgIpc) is 2.86. The first-order valence-corrected chi connectivity index (χ1v) is 6.34. The average molecular weight is 277 g/mol. The highest BCUT2D eigenvalue weighted by atomic mass is 16.3. The van der Waals surface area contributed by atoms with Crippen LogP contribution in [0.2, 0.25) is 0 Å². The number of aryl methyl sites for hydroxylation is 1. The van der Waals surface area contributed by atoms with E-state index in [2.05, 4.69) is 10.3 Å². The zero-order chi connectivity index (χ0) is 14.8. The molecular formula is C16H11N3O2. The molecule has 1 heterocycles. The summed E-state index contributed by atoms with van der Waals surface area (Å²) in [6, 6.07) is 13.8. The van der Waals surface area contributed by atoms with Crippen molar-refractivity contribution in [1.29, 1.82) is 5.26 Å². The maximum atomic E-state index is 12.2. The van der Waals surface area contributed by atoms with Gasteiger partial charge in [0.2, 0.25) is 0 Å². The normalized spacial score (nSPS) is 10.3. The molecule has 0 saturated carbocycles. The molecule has 3 aromatic rings. The van der Waals surface area contributed by atoms with Gasteiger partial charge in [-0.15, -0.1) is 0 Å². The molecule has 0 atom stereocenters. The van der Waals surface area contributed by atoms with Gasteiger partial charge >= 0.3 is 0 Å². The Morgan fingerprint density at radius 1 is 1.29 bits per heavy atom. The number of fused-ring (bicyclic) bond motifs is 1. The molecule has 5 heteroatoms. The first-order valence-electron chi connectivity index (χ1n) is 6.34. The molecule has 0 radical (unpaired) electrons. The zero-order valence-electron chi connectivity index (χ0n) is 11.3. The SMILES string of the molecule is Cc1nc2cc(NC(=O)c3cccc(C#N)c3)ccc2o1. The van der Waals surface area contributed by atoms with Crippen LogP contribution in [0.3, 0.4) is 0 Å². The molecule has 0 saturated heterocycles. The molecule has 1 amide bonds. The van der Waals surface area contributed by atoms with Crippen LogP contribution in [0, 0.1) is 18.3 Å². The minimum absolute atomic E-state index is 0.272. The van der Waals surface area contributed by atoms with E-state index in [1.165, 1.54) is 0 Å². The number of hydrogen-bond donors (Lipinski definition) is 1. The molecule has 2 aromatic carbocycles. The third-order valence-electron chi connectivity index (χ3n) is 3.01. The van der Waals surface area contributed by atoms with E-state index in [9.17, 15) is 4.79 Å². The second-order valence-electron chi connectivity index (χ2n) is 4.56. The van der Waals surface area contributed by atoms with Gasteiger partial charge in [-0.2, -0.15) is 5.26 Å². The van der Waals surface area contributed by atoms with Crippen LogP contribution in [0.15, 0.2) is 46.9 Å². The molecule has 0 bridgehead atoms. The van der Waals surface area contributed by atoms with Gasteiger partial charge < -0.3 is 9.73 Å². The van der Waals surface area contributed by atoms with Crippen LogP contribution < -0.4 is 5.32 Å². The van der Waals surface area contributed by atoms with E-state index in [1.54, 1.807) is 49.4 Å². The van der Waals surface area contributed by atoms with Crippen molar-refractivity contribution in [1.82, 2.24) is 4.98 Å². The third-order valence-corrected chi connectivity index (χ3v) is 3.01. The Balaban J connectivity index is 1.87. The number of nitrogens with zero attached hydrogens (tertiary/aromatic N) is 2. The van der Waals surface area contributed by atoms with Crippen molar-refractivity contribution in [3.63, 3.8) is 0 Å². The number of amides is 1. The van der Waals surface area contributed by atoms with E-state index < -0.39 is 0 Å². The fourth-order valence-electron chi connectivity index (χ4n) is 2.05. The minimum Gasteiger partial charge on any atom is -0.441 e. The van der Waals surface area contributed by atoms with Crippen LogP contribution in [0.1, 0.15) is 21.8 Å². The van der Waals surface area contributed by atoms with Gasteiger partial charge in [0.15, 0.2) is 11.5 Å². The molecule has 102 valence electrons. The Morgan fingerprint density at radius 2 is 2.14 bits per heavy atom. The number of carbonyl (C=O) groups excluding carboxylic acids is 1. The lowest BCUT2D eigenvalue weighted by Gasteiger charge is -2.05. The predicted octanol–water partition coefficient (Wildman–Crippen LogP) is 3.26. The first kappa shape index (κ1) is 12.9. The second kappa shape index (κ2) is 5.10. The van der Waals surface area contributed by atoms with Crippen molar-refractivity contribution < 1.29 is 9.21 Å². The zero-order valence-corrected chi connectivity index (χ0v) is 11.3. The van der Waals surface area contributed by atoms with Crippen LogP contribution >= 0.6 is 0 Å². The summed E-state index contributed by atoms with van der Waals surface area (Å²) in [6.07, 6.45) is 0. The number of oxazole rings is 1. The van der Waals surface area contributed by atoms with E-state index in [1.807, 2.05) is 6.07 Å². The van der Waals surface area contributed by atoms with Gasteiger partial charge in [0, 0.05) is 18.2 Å². The minimum atomic E-state index is -0.272. The molecular weight excluding hydrogens is 266 g/mol. The Labute approximate surface area is 120 Å². The highest BCUT2D eigenvalue weighted by molar-refractivity contribution is 6.05. The predicted molar refractivity (Wildman–Crippen MR) is 77.9 cm³/mol. The van der Waals surface area contributed by atoms with Crippen LogP contribution in [-0.2, 0) is 0 Å². The van der Waals surface area contributed by atoms with E-state index in [-0.39, 0.29) is 5.91 Å². The topological polar surface area (TPSA) is 78.9 Å². The molecule has 0 unspecified atom stereocenters. The van der Waals surface area contributed by atoms with Crippen molar-refractivity contribution in [2.45, 2.75) is 6.92 Å². The lowest BCUT2D eigenvalue weighted by Crippen LogP contribution is -2.11. The van der Waals surface area contributed by atoms with Crippen LogP contribution in [0.4, 0.5) is 5.69 Å². The van der Waals surface area contributed by atoms with Gasteiger partial charge in [-0.1, -0.05) is 6.07 Å². The molecule has 5 nitrogen and oxygen atoms in total. The Hall–Kier alpha value is -3.13. The summed E-state index contributed by atoms with van der Waals surface area (Å²) in [5.74, 6) is 0.307. The lowest BCUT2D eigenvalue weighted by atomic mass is 10.1. The summed E-state index contributed by atoms with van der Waals surface area (Å²) in [4.78, 5) is 16.4. The van der Waals surface area contributed by atoms with Crippen molar-refractivity contribution in [3.8, 4) is 6.07 Å². The highest BCUT2D eigenvalue weighted by Crippen LogP contribution is 2.20. The third kappa shape index (κ3) is 2.60. The number of benzene rings is 2. The van der Waals surface area contributed by atoms with E-state index >= 15 is 0 Å². The smallest absolute Gasteiger partial charge is 0.255 e. The Bertz CT molecular complexity index is 875. The van der Waals surface area contributed by atoms with Gasteiger partial charge in [0.25, 0.3) is 5.91 Å². The number of hydrogen-bond acceptors (Lipinski definition) is 4. The number of carbonyl (C=O) groups is 1. The number of anilines is 1. The molecule has 1 N–H and O–H groups in total. The van der Waals surface area contributed by atoms with Gasteiger partial charge in [-0.25, -0.2) is 4.98 Å². The largest absolute Gasteiger partial charge is 0.441 e. The molecule has 1 aromatic heterocycles. The lowest BCUT2D eigenvalue weighted by molar-refractivity contribution is 0.102. The molecule has 0 aliphatic rings. The van der Waals surface area contributed by atoms with Gasteiger partial charge in [0.1, 0.15) is 5.52 Å². The summed E-state index contributed by atoms with van der Waals surface area (Å²) < 4.78 is 5.38. The Morgan fingerprint density at radius 3 is 2.95 bits per heavy atom. The number of aromatic nitrogens is 1. The fourth-order valence-corrected chi connectivity index (χ4v) is 2.05. The van der Waals surface area contributed by atoms with Crippen LogP contribution in [-0.4, -0.2) is 10.9 Å². The van der Waals surface area contributed by atoms with Crippen molar-refractivity contribution in [2.24, 2.45) is 0 Å². The fraction of sp³-hybridized carbons (Fsp3) is 0.0625. The first-order chi connectivity index (χ1) is 10.2. The van der Waals surface area contributed by atoms with Gasteiger partial charge in [0.05, 0.1) is 11.6 Å².